The van der Waals surface area contributed by atoms with Gasteiger partial charge in [-0.15, -0.1) is 0 Å². The topological polar surface area (TPSA) is 159 Å². The number of hydrogen-bond donors (Lipinski definition) is 4. The molecule has 0 spiro atoms. The second-order valence-corrected chi connectivity index (χ2v) is 9.72. The highest BCUT2D eigenvalue weighted by Crippen LogP contribution is 2.18. The van der Waals surface area contributed by atoms with Gasteiger partial charge in [0.1, 0.15) is 5.78 Å². The van der Waals surface area contributed by atoms with Crippen molar-refractivity contribution in [2.75, 3.05) is 7.11 Å². The maximum Gasteiger partial charge on any atom is 0.475 e. The van der Waals surface area contributed by atoms with Crippen LogP contribution >= 0.6 is 0 Å². The normalized spacial score (nSPS) is 14.2. The van der Waals surface area contributed by atoms with E-state index in [1.54, 1.807) is 13.8 Å². The largest absolute Gasteiger partial charge is 0.475 e. The highest BCUT2D eigenvalue weighted by atomic mass is 16.5. The van der Waals surface area contributed by atoms with E-state index in [2.05, 4.69) is 10.6 Å². The van der Waals surface area contributed by atoms with Gasteiger partial charge in [0.15, 0.2) is 5.78 Å². The van der Waals surface area contributed by atoms with Crippen molar-refractivity contribution in [3.63, 3.8) is 0 Å². The summed E-state index contributed by atoms with van der Waals surface area (Å²) < 4.78 is 4.70. The summed E-state index contributed by atoms with van der Waals surface area (Å²) in [5.41, 5.74) is 0.806. The van der Waals surface area contributed by atoms with Crippen LogP contribution in [0.5, 0.6) is 0 Å². The van der Waals surface area contributed by atoms with Gasteiger partial charge >= 0.3 is 13.1 Å². The first kappa shape index (κ1) is 32.0. The second-order valence-electron chi connectivity index (χ2n) is 9.72. The molecule has 0 heterocycles. The van der Waals surface area contributed by atoms with Gasteiger partial charge in [-0.3, -0.25) is 19.2 Å². The zero-order chi connectivity index (χ0) is 28.1. The molecule has 1 aromatic carbocycles. The molecular formula is C26H39BN2O8. The van der Waals surface area contributed by atoms with E-state index < -0.39 is 48.7 Å². The summed E-state index contributed by atoms with van der Waals surface area (Å²) in [5, 5.41) is 24.3. The molecule has 37 heavy (non-hydrogen) atoms. The van der Waals surface area contributed by atoms with E-state index >= 15 is 0 Å². The number of ketones is 2. The molecule has 1 unspecified atom stereocenters. The SMILES string of the molecule is COC(=O)C[C@H](C(=O)N[C@@H](Cc1ccccc1)C(=O)C[C@@H](C)C(=O)NC(CCC(C)=O)B(O)O)C(C)C. The summed E-state index contributed by atoms with van der Waals surface area (Å²) in [5.74, 6) is -4.89. The first-order valence-electron chi connectivity index (χ1n) is 12.4. The Kier molecular flexibility index (Phi) is 13.8. The molecule has 0 aliphatic carbocycles. The number of carbonyl (C=O) groups is 5. The molecule has 204 valence electrons. The summed E-state index contributed by atoms with van der Waals surface area (Å²) in [4.78, 5) is 62.1. The van der Waals surface area contributed by atoms with Crippen molar-refractivity contribution in [1.82, 2.24) is 10.6 Å². The van der Waals surface area contributed by atoms with Crippen LogP contribution in [-0.2, 0) is 35.1 Å². The summed E-state index contributed by atoms with van der Waals surface area (Å²) >= 11 is 0. The van der Waals surface area contributed by atoms with Crippen molar-refractivity contribution in [2.45, 2.75) is 71.8 Å². The van der Waals surface area contributed by atoms with Crippen LogP contribution in [0.25, 0.3) is 0 Å². The zero-order valence-electron chi connectivity index (χ0n) is 22.2. The molecule has 4 N–H and O–H groups in total. The van der Waals surface area contributed by atoms with E-state index in [0.29, 0.717) is 0 Å². The lowest BCUT2D eigenvalue weighted by molar-refractivity contribution is -0.145. The molecule has 0 aromatic heterocycles. The third-order valence-corrected chi connectivity index (χ3v) is 6.19. The van der Waals surface area contributed by atoms with Crippen LogP contribution in [0.1, 0.15) is 58.9 Å². The molecule has 0 saturated carbocycles. The van der Waals surface area contributed by atoms with Gasteiger partial charge in [0.25, 0.3) is 0 Å². The van der Waals surface area contributed by atoms with Crippen LogP contribution in [0.2, 0.25) is 0 Å². The standard InChI is InChI=1S/C26H39BN2O8/c1-16(2)20(15-24(32)37-5)26(34)28-21(14-19-9-7-6-8-10-19)22(31)13-17(3)25(33)29-23(27(35)36)12-11-18(4)30/h6-10,16-17,20-21,23,35-36H,11-15H2,1-5H3,(H,28,34)(H,29,33)/t17-,20+,21+,23?/m1/s1. The Hall–Kier alpha value is -3.05. The predicted molar refractivity (Wildman–Crippen MR) is 138 cm³/mol. The third kappa shape index (κ3) is 11.7. The van der Waals surface area contributed by atoms with Crippen LogP contribution in [0.4, 0.5) is 0 Å². The summed E-state index contributed by atoms with van der Waals surface area (Å²) in [6.07, 6.45) is -0.0456. The average molecular weight is 518 g/mol. The highest BCUT2D eigenvalue weighted by molar-refractivity contribution is 6.43. The summed E-state index contributed by atoms with van der Waals surface area (Å²) in [6, 6.07) is 8.14. The second kappa shape index (κ2) is 15.9. The highest BCUT2D eigenvalue weighted by Gasteiger charge is 2.32. The fraction of sp³-hybridized carbons (Fsp3) is 0.577. The minimum atomic E-state index is -1.86. The van der Waals surface area contributed by atoms with E-state index in [1.807, 2.05) is 30.3 Å². The van der Waals surface area contributed by atoms with Gasteiger partial charge in [0.2, 0.25) is 11.8 Å². The van der Waals surface area contributed by atoms with Gasteiger partial charge in [-0.1, -0.05) is 51.1 Å². The van der Waals surface area contributed by atoms with Crippen molar-refractivity contribution in [1.29, 1.82) is 0 Å². The Morgan fingerprint density at radius 3 is 2.08 bits per heavy atom. The van der Waals surface area contributed by atoms with Gasteiger partial charge in [-0.05, 0) is 31.2 Å². The molecule has 11 heteroatoms. The number of ether oxygens (including phenoxy) is 1. The third-order valence-electron chi connectivity index (χ3n) is 6.19. The molecule has 4 atom stereocenters. The van der Waals surface area contributed by atoms with Gasteiger partial charge in [0.05, 0.1) is 31.4 Å². The summed E-state index contributed by atoms with van der Waals surface area (Å²) in [7, 11) is -0.620. The first-order valence-corrected chi connectivity index (χ1v) is 12.4. The van der Waals surface area contributed by atoms with E-state index in [9.17, 15) is 34.0 Å². The number of amides is 2. The van der Waals surface area contributed by atoms with E-state index in [-0.39, 0.29) is 49.6 Å². The number of nitrogens with one attached hydrogen (secondary N) is 2. The molecular weight excluding hydrogens is 479 g/mol. The zero-order valence-corrected chi connectivity index (χ0v) is 22.2. The Labute approximate surface area is 218 Å². The minimum Gasteiger partial charge on any atom is -0.469 e. The van der Waals surface area contributed by atoms with E-state index in [4.69, 9.17) is 4.74 Å². The molecule has 0 aliphatic heterocycles. The van der Waals surface area contributed by atoms with Crippen molar-refractivity contribution < 1.29 is 38.8 Å². The quantitative estimate of drug-likeness (QED) is 0.186. The van der Waals surface area contributed by atoms with Crippen LogP contribution in [0.3, 0.4) is 0 Å². The number of methoxy groups -OCH3 is 1. The van der Waals surface area contributed by atoms with Gasteiger partial charge in [0, 0.05) is 18.8 Å². The van der Waals surface area contributed by atoms with Crippen LogP contribution in [0, 0.1) is 17.8 Å². The summed E-state index contributed by atoms with van der Waals surface area (Å²) in [6.45, 7) is 6.48. The predicted octanol–water partition coefficient (Wildman–Crippen LogP) is 1.01. The smallest absolute Gasteiger partial charge is 0.469 e. The lowest BCUT2D eigenvalue weighted by Crippen LogP contribution is -2.50. The maximum atomic E-state index is 13.3. The number of Topliss-reactive ketones (excluding diaryl/α,β-unsaturated/α-hetero) is 2. The fourth-order valence-electron chi connectivity index (χ4n) is 3.78. The molecule has 0 fully saturated rings. The van der Waals surface area contributed by atoms with Crippen LogP contribution < -0.4 is 10.6 Å². The average Bonchev–Trinajstić information content (AvgIpc) is 2.84. The Morgan fingerprint density at radius 1 is 0.946 bits per heavy atom. The first-order chi connectivity index (χ1) is 17.3. The molecule has 2 amide bonds. The van der Waals surface area contributed by atoms with E-state index in [0.717, 1.165) is 5.56 Å². The van der Waals surface area contributed by atoms with Crippen molar-refractivity contribution in [3.8, 4) is 0 Å². The number of benzene rings is 1. The number of carbonyl (C=O) groups excluding carboxylic acids is 5. The van der Waals surface area contributed by atoms with Crippen LogP contribution in [-0.4, -0.2) is 65.6 Å². The molecule has 10 nitrogen and oxygen atoms in total. The fourth-order valence-corrected chi connectivity index (χ4v) is 3.78. The maximum absolute atomic E-state index is 13.3. The van der Waals surface area contributed by atoms with Gasteiger partial charge in [-0.2, -0.15) is 0 Å². The van der Waals surface area contributed by atoms with Crippen molar-refractivity contribution in [2.24, 2.45) is 17.8 Å². The number of hydrogen-bond acceptors (Lipinski definition) is 8. The lowest BCUT2D eigenvalue weighted by Gasteiger charge is -2.25. The Morgan fingerprint density at radius 2 is 1.57 bits per heavy atom. The number of rotatable bonds is 16. The molecule has 0 saturated heterocycles. The van der Waals surface area contributed by atoms with E-state index in [1.165, 1.54) is 21.0 Å². The molecule has 0 radical (unpaired) electrons. The minimum absolute atomic E-state index is 0.0445. The van der Waals surface area contributed by atoms with Crippen molar-refractivity contribution in [3.05, 3.63) is 35.9 Å². The Balaban J connectivity index is 2.99. The molecule has 1 aromatic rings. The van der Waals surface area contributed by atoms with Gasteiger partial charge < -0.3 is 30.2 Å². The monoisotopic (exact) mass is 518 g/mol. The van der Waals surface area contributed by atoms with Crippen molar-refractivity contribution >= 4 is 36.5 Å². The molecule has 1 rings (SSSR count). The lowest BCUT2D eigenvalue weighted by atomic mass is 9.76. The Bertz CT molecular complexity index is 922. The number of esters is 1. The van der Waals surface area contributed by atoms with Crippen LogP contribution in [0.15, 0.2) is 30.3 Å². The van der Waals surface area contributed by atoms with Gasteiger partial charge in [-0.25, -0.2) is 0 Å². The molecule has 0 aliphatic rings. The molecule has 0 bridgehead atoms.